The van der Waals surface area contributed by atoms with E-state index < -0.39 is 0 Å². The molecule has 2 heteroatoms. The molecule has 2 nitrogen and oxygen atoms in total. The number of nitrogens with zero attached hydrogens (tertiary/aromatic N) is 2. The van der Waals surface area contributed by atoms with E-state index in [1.54, 1.807) is 6.20 Å². The second-order valence-electron chi connectivity index (χ2n) is 4.77. The van der Waals surface area contributed by atoms with Gasteiger partial charge in [-0.25, -0.2) is 4.98 Å². The van der Waals surface area contributed by atoms with Crippen molar-refractivity contribution in [2.75, 3.05) is 0 Å². The van der Waals surface area contributed by atoms with Gasteiger partial charge in [0, 0.05) is 17.0 Å². The Hall–Kier alpha value is -2.74. The maximum Gasteiger partial charge on any atom is 0.0894 e. The number of aromatic nitrogens is 2. The van der Waals surface area contributed by atoms with E-state index >= 15 is 0 Å². The molecule has 0 N–H and O–H groups in total. The molecule has 0 aliphatic carbocycles. The van der Waals surface area contributed by atoms with Crippen LogP contribution in [0.25, 0.3) is 33.1 Å². The fourth-order valence-corrected chi connectivity index (χ4v) is 2.51. The molecule has 2 heterocycles. The van der Waals surface area contributed by atoms with Crippen molar-refractivity contribution in [2.45, 2.75) is 0 Å². The molecule has 94 valence electrons. The van der Waals surface area contributed by atoms with Crippen molar-refractivity contribution in [3.63, 3.8) is 0 Å². The highest BCUT2D eigenvalue weighted by Crippen LogP contribution is 2.26. The van der Waals surface area contributed by atoms with Gasteiger partial charge in [-0.1, -0.05) is 48.5 Å². The maximum atomic E-state index is 4.81. The zero-order chi connectivity index (χ0) is 13.4. The Morgan fingerprint density at radius 1 is 0.600 bits per heavy atom. The first-order valence-corrected chi connectivity index (χ1v) is 6.62. The predicted molar refractivity (Wildman–Crippen MR) is 82.5 cm³/mol. The molecule has 0 saturated carbocycles. The van der Waals surface area contributed by atoms with Crippen LogP contribution in [0.5, 0.6) is 0 Å². The average Bonchev–Trinajstić information content (AvgIpc) is 2.55. The number of hydrogen-bond donors (Lipinski definition) is 0. The maximum absolute atomic E-state index is 4.81. The molecule has 4 aromatic rings. The van der Waals surface area contributed by atoms with Gasteiger partial charge < -0.3 is 0 Å². The Bertz CT molecular complexity index is 899. The van der Waals surface area contributed by atoms with Crippen LogP contribution in [0.15, 0.2) is 72.9 Å². The largest absolute Gasteiger partial charge is 0.255 e. The van der Waals surface area contributed by atoms with Gasteiger partial charge in [-0.05, 0) is 23.6 Å². The van der Waals surface area contributed by atoms with E-state index in [1.807, 2.05) is 24.3 Å². The van der Waals surface area contributed by atoms with Gasteiger partial charge in [0.1, 0.15) is 0 Å². The van der Waals surface area contributed by atoms with Crippen molar-refractivity contribution in [3.8, 4) is 11.4 Å². The van der Waals surface area contributed by atoms with Gasteiger partial charge in [-0.3, -0.25) is 4.98 Å². The summed E-state index contributed by atoms with van der Waals surface area (Å²) in [5.41, 5.74) is 2.85. The fourth-order valence-electron chi connectivity index (χ4n) is 2.51. The molecule has 0 atom stereocenters. The van der Waals surface area contributed by atoms with Crippen LogP contribution in [0.4, 0.5) is 0 Å². The second-order valence-corrected chi connectivity index (χ2v) is 4.77. The second kappa shape index (κ2) is 4.42. The Labute approximate surface area is 116 Å². The normalized spacial score (nSPS) is 11.0. The molecule has 2 aromatic carbocycles. The highest BCUT2D eigenvalue weighted by atomic mass is 14.8. The average molecular weight is 256 g/mol. The third-order valence-corrected chi connectivity index (χ3v) is 3.51. The minimum absolute atomic E-state index is 0.905. The Morgan fingerprint density at radius 3 is 2.30 bits per heavy atom. The zero-order valence-electron chi connectivity index (χ0n) is 10.8. The van der Waals surface area contributed by atoms with Crippen molar-refractivity contribution in [1.82, 2.24) is 9.97 Å². The van der Waals surface area contributed by atoms with E-state index in [9.17, 15) is 0 Å². The van der Waals surface area contributed by atoms with E-state index in [0.29, 0.717) is 0 Å². The van der Waals surface area contributed by atoms with E-state index in [4.69, 9.17) is 4.98 Å². The number of rotatable bonds is 1. The monoisotopic (exact) mass is 256 g/mol. The van der Waals surface area contributed by atoms with Crippen molar-refractivity contribution < 1.29 is 0 Å². The Balaban J connectivity index is 2.05. The molecule has 0 amide bonds. The highest BCUT2D eigenvalue weighted by molar-refractivity contribution is 6.05. The highest BCUT2D eigenvalue weighted by Gasteiger charge is 2.05. The van der Waals surface area contributed by atoms with Crippen LogP contribution in [-0.2, 0) is 0 Å². The van der Waals surface area contributed by atoms with Crippen LogP contribution < -0.4 is 0 Å². The van der Waals surface area contributed by atoms with Gasteiger partial charge in [0.15, 0.2) is 0 Å². The third kappa shape index (κ3) is 1.74. The molecule has 0 aliphatic heterocycles. The van der Waals surface area contributed by atoms with Crippen molar-refractivity contribution in [1.29, 1.82) is 0 Å². The Morgan fingerprint density at radius 2 is 1.40 bits per heavy atom. The molecule has 0 aliphatic rings. The first-order chi connectivity index (χ1) is 9.92. The number of pyridine rings is 2. The molecule has 0 saturated heterocycles. The number of benzene rings is 2. The lowest BCUT2D eigenvalue weighted by Gasteiger charge is -2.05. The molecular formula is C18H12N2. The lowest BCUT2D eigenvalue weighted by Crippen LogP contribution is -1.88. The van der Waals surface area contributed by atoms with Gasteiger partial charge in [0.2, 0.25) is 0 Å². The molecular weight excluding hydrogens is 244 g/mol. The molecule has 0 bridgehead atoms. The van der Waals surface area contributed by atoms with Gasteiger partial charge in [-0.2, -0.15) is 0 Å². The van der Waals surface area contributed by atoms with Gasteiger partial charge in [0.25, 0.3) is 0 Å². The van der Waals surface area contributed by atoms with Crippen LogP contribution in [0.3, 0.4) is 0 Å². The summed E-state index contributed by atoms with van der Waals surface area (Å²) < 4.78 is 0. The van der Waals surface area contributed by atoms with Gasteiger partial charge >= 0.3 is 0 Å². The Kier molecular flexibility index (Phi) is 2.46. The quantitative estimate of drug-likeness (QED) is 0.470. The van der Waals surface area contributed by atoms with Crippen molar-refractivity contribution in [3.05, 3.63) is 72.9 Å². The first kappa shape index (κ1) is 11.1. The van der Waals surface area contributed by atoms with Crippen molar-refractivity contribution in [2.24, 2.45) is 0 Å². The number of fused-ring (bicyclic) bond motifs is 3. The molecule has 0 unspecified atom stereocenters. The summed E-state index contributed by atoms with van der Waals surface area (Å²) in [6.07, 6.45) is 1.80. The van der Waals surface area contributed by atoms with Crippen molar-refractivity contribution >= 4 is 21.7 Å². The van der Waals surface area contributed by atoms with Gasteiger partial charge in [0.05, 0.1) is 16.9 Å². The summed E-state index contributed by atoms with van der Waals surface area (Å²) in [7, 11) is 0. The SMILES string of the molecule is c1ccc(-c2ccc3ccc4ccccc4c3n2)nc1. The molecule has 4 rings (SSSR count). The summed E-state index contributed by atoms with van der Waals surface area (Å²) in [5.74, 6) is 0. The lowest BCUT2D eigenvalue weighted by molar-refractivity contribution is 1.28. The molecule has 20 heavy (non-hydrogen) atoms. The summed E-state index contributed by atoms with van der Waals surface area (Å²) in [4.78, 5) is 9.18. The van der Waals surface area contributed by atoms with Crippen LogP contribution >= 0.6 is 0 Å². The van der Waals surface area contributed by atoms with Crippen LogP contribution in [-0.4, -0.2) is 9.97 Å². The predicted octanol–water partition coefficient (Wildman–Crippen LogP) is 4.45. The molecule has 0 fully saturated rings. The van der Waals surface area contributed by atoms with Gasteiger partial charge in [-0.15, -0.1) is 0 Å². The lowest BCUT2D eigenvalue weighted by atomic mass is 10.1. The van der Waals surface area contributed by atoms with E-state index in [0.717, 1.165) is 22.3 Å². The minimum Gasteiger partial charge on any atom is -0.255 e. The minimum atomic E-state index is 0.905. The fraction of sp³-hybridized carbons (Fsp3) is 0. The van der Waals surface area contributed by atoms with E-state index in [-0.39, 0.29) is 0 Å². The topological polar surface area (TPSA) is 25.8 Å². The first-order valence-electron chi connectivity index (χ1n) is 6.62. The third-order valence-electron chi connectivity index (χ3n) is 3.51. The standard InChI is InChI=1S/C18H12N2/c1-2-6-15-13(5-1)8-9-14-10-11-17(20-18(14)15)16-7-3-4-12-19-16/h1-12H. The van der Waals surface area contributed by atoms with Crippen LogP contribution in [0, 0.1) is 0 Å². The summed E-state index contributed by atoms with van der Waals surface area (Å²) in [6.45, 7) is 0. The molecule has 2 aromatic heterocycles. The summed E-state index contributed by atoms with van der Waals surface area (Å²) in [6, 6.07) is 22.6. The molecule has 0 spiro atoms. The molecule has 0 radical (unpaired) electrons. The van der Waals surface area contributed by atoms with E-state index in [2.05, 4.69) is 47.4 Å². The number of hydrogen-bond acceptors (Lipinski definition) is 2. The van der Waals surface area contributed by atoms with Crippen LogP contribution in [0.1, 0.15) is 0 Å². The summed E-state index contributed by atoms with van der Waals surface area (Å²) in [5, 5.41) is 3.55. The zero-order valence-corrected chi connectivity index (χ0v) is 10.8. The van der Waals surface area contributed by atoms with E-state index in [1.165, 1.54) is 10.8 Å². The van der Waals surface area contributed by atoms with Crippen LogP contribution in [0.2, 0.25) is 0 Å². The summed E-state index contributed by atoms with van der Waals surface area (Å²) >= 11 is 0. The smallest absolute Gasteiger partial charge is 0.0894 e.